The molecule has 0 aliphatic rings. The molecule has 0 aliphatic heterocycles. The van der Waals surface area contributed by atoms with E-state index >= 15 is 0 Å². The Morgan fingerprint density at radius 2 is 1.17 bits per heavy atom. The van der Waals surface area contributed by atoms with Crippen LogP contribution in [-0.4, -0.2) is 27.2 Å². The van der Waals surface area contributed by atoms with E-state index in [2.05, 4.69) is 27.7 Å². The maximum Gasteiger partial charge on any atom is 0.154 e. The van der Waals surface area contributed by atoms with Gasteiger partial charge in [0, 0.05) is 6.42 Å². The summed E-state index contributed by atoms with van der Waals surface area (Å²) >= 11 is 0. The number of aliphatic hydroxyl groups is 3. The molecule has 0 aromatic heterocycles. The van der Waals surface area contributed by atoms with E-state index < -0.39 is 11.9 Å². The Morgan fingerprint density at radius 3 is 1.61 bits per heavy atom. The van der Waals surface area contributed by atoms with Gasteiger partial charge in [0.05, 0.1) is 5.60 Å². The van der Waals surface area contributed by atoms with E-state index in [0.29, 0.717) is 12.3 Å². The number of aliphatic hydroxyl groups excluding tert-OH is 1. The first-order valence-corrected chi connectivity index (χ1v) is 9.71. The molecule has 3 N–H and O–H groups in total. The summed E-state index contributed by atoms with van der Waals surface area (Å²) in [6, 6.07) is 0. The van der Waals surface area contributed by atoms with Gasteiger partial charge in [-0.2, -0.15) is 0 Å². The van der Waals surface area contributed by atoms with Crippen molar-refractivity contribution in [3.05, 3.63) is 0 Å². The topological polar surface area (TPSA) is 60.7 Å². The van der Waals surface area contributed by atoms with Crippen molar-refractivity contribution in [3.8, 4) is 0 Å². The second-order valence-electron chi connectivity index (χ2n) is 8.54. The predicted molar refractivity (Wildman–Crippen MR) is 98.2 cm³/mol. The van der Waals surface area contributed by atoms with Gasteiger partial charge in [-0.05, 0) is 31.1 Å². The van der Waals surface area contributed by atoms with Gasteiger partial charge in [-0.15, -0.1) is 0 Å². The second-order valence-corrected chi connectivity index (χ2v) is 8.54. The lowest BCUT2D eigenvalue weighted by Crippen LogP contribution is -2.29. The van der Waals surface area contributed by atoms with Crippen molar-refractivity contribution < 1.29 is 15.3 Å². The molecule has 0 aromatic carbocycles. The molecule has 140 valence electrons. The van der Waals surface area contributed by atoms with E-state index in [-0.39, 0.29) is 6.42 Å². The Kier molecular flexibility index (Phi) is 12.2. The van der Waals surface area contributed by atoms with Gasteiger partial charge in [-0.3, -0.25) is 0 Å². The van der Waals surface area contributed by atoms with Crippen molar-refractivity contribution >= 4 is 0 Å². The van der Waals surface area contributed by atoms with Crippen molar-refractivity contribution in [1.82, 2.24) is 0 Å². The highest BCUT2D eigenvalue weighted by atomic mass is 16.5. The standard InChI is InChI=1S/C20H42O3/c1-16(2)9-6-10-17(3)11-7-12-18(4)13-8-14-20(5,23)15-19(21)22/h16-19,21-23H,6-15H2,1-5H3. The summed E-state index contributed by atoms with van der Waals surface area (Å²) in [6.45, 7) is 11.0. The normalized spacial score (nSPS) is 17.5. The molecule has 3 unspecified atom stereocenters. The van der Waals surface area contributed by atoms with Crippen LogP contribution in [0.4, 0.5) is 0 Å². The number of hydrogen-bond acceptors (Lipinski definition) is 3. The zero-order valence-corrected chi connectivity index (χ0v) is 16.2. The molecule has 0 heterocycles. The van der Waals surface area contributed by atoms with E-state index in [1.807, 2.05) is 0 Å². The van der Waals surface area contributed by atoms with Crippen molar-refractivity contribution in [1.29, 1.82) is 0 Å². The third kappa shape index (κ3) is 15.2. The van der Waals surface area contributed by atoms with Crippen molar-refractivity contribution in [2.24, 2.45) is 17.8 Å². The van der Waals surface area contributed by atoms with Gasteiger partial charge in [0.1, 0.15) is 0 Å². The molecule has 0 aliphatic carbocycles. The van der Waals surface area contributed by atoms with Gasteiger partial charge < -0.3 is 15.3 Å². The molecule has 0 rings (SSSR count). The van der Waals surface area contributed by atoms with E-state index in [9.17, 15) is 5.11 Å². The van der Waals surface area contributed by atoms with Crippen LogP contribution in [0.5, 0.6) is 0 Å². The molecule has 0 saturated heterocycles. The highest BCUT2D eigenvalue weighted by Crippen LogP contribution is 2.24. The lowest BCUT2D eigenvalue weighted by Gasteiger charge is -2.24. The summed E-state index contributed by atoms with van der Waals surface area (Å²) in [5.41, 5.74) is -0.960. The molecule has 0 aromatic rings. The van der Waals surface area contributed by atoms with E-state index in [1.54, 1.807) is 6.92 Å². The predicted octanol–water partition coefficient (Wildman–Crippen LogP) is 4.88. The van der Waals surface area contributed by atoms with Crippen LogP contribution >= 0.6 is 0 Å². The molecule has 3 nitrogen and oxygen atoms in total. The minimum absolute atomic E-state index is 0.0370. The summed E-state index contributed by atoms with van der Waals surface area (Å²) in [5.74, 6) is 2.35. The molecule has 23 heavy (non-hydrogen) atoms. The van der Waals surface area contributed by atoms with Crippen LogP contribution in [0, 0.1) is 17.8 Å². The fourth-order valence-corrected chi connectivity index (χ4v) is 3.30. The zero-order valence-electron chi connectivity index (χ0n) is 16.2. The third-order valence-corrected chi connectivity index (χ3v) is 4.91. The van der Waals surface area contributed by atoms with Crippen LogP contribution in [0.25, 0.3) is 0 Å². The van der Waals surface area contributed by atoms with E-state index in [0.717, 1.165) is 24.7 Å². The van der Waals surface area contributed by atoms with Gasteiger partial charge in [0.2, 0.25) is 0 Å². The molecule has 0 radical (unpaired) electrons. The molecule has 0 spiro atoms. The minimum atomic E-state index is -1.42. The van der Waals surface area contributed by atoms with Gasteiger partial charge in [-0.25, -0.2) is 0 Å². The van der Waals surface area contributed by atoms with E-state index in [1.165, 1.54) is 38.5 Å². The van der Waals surface area contributed by atoms with Crippen LogP contribution in [0.1, 0.15) is 98.8 Å². The molecule has 0 amide bonds. The van der Waals surface area contributed by atoms with Crippen molar-refractivity contribution in [2.75, 3.05) is 0 Å². The van der Waals surface area contributed by atoms with Crippen molar-refractivity contribution in [2.45, 2.75) is 111 Å². The fraction of sp³-hybridized carbons (Fsp3) is 1.00. The van der Waals surface area contributed by atoms with Crippen molar-refractivity contribution in [3.63, 3.8) is 0 Å². The summed E-state index contributed by atoms with van der Waals surface area (Å²) < 4.78 is 0. The average molecular weight is 331 g/mol. The quantitative estimate of drug-likeness (QED) is 0.398. The molecule has 0 saturated carbocycles. The van der Waals surface area contributed by atoms with Gasteiger partial charge in [0.25, 0.3) is 0 Å². The lowest BCUT2D eigenvalue weighted by atomic mass is 9.89. The summed E-state index contributed by atoms with van der Waals surface area (Å²) in [6.07, 6.45) is 9.29. The Labute approximate surface area is 144 Å². The van der Waals surface area contributed by atoms with Crippen LogP contribution < -0.4 is 0 Å². The molecular formula is C20H42O3. The maximum atomic E-state index is 10.0. The highest BCUT2D eigenvalue weighted by molar-refractivity contribution is 4.73. The second kappa shape index (κ2) is 12.3. The maximum absolute atomic E-state index is 10.0. The van der Waals surface area contributed by atoms with Gasteiger partial charge in [0.15, 0.2) is 6.29 Å². The Hall–Kier alpha value is -0.120. The molecule has 3 heteroatoms. The minimum Gasteiger partial charge on any atom is -0.390 e. The number of rotatable bonds is 14. The fourth-order valence-electron chi connectivity index (χ4n) is 3.30. The van der Waals surface area contributed by atoms with Gasteiger partial charge in [-0.1, -0.05) is 79.1 Å². The zero-order chi connectivity index (χ0) is 17.9. The first-order chi connectivity index (χ1) is 10.6. The Morgan fingerprint density at radius 1 is 0.739 bits per heavy atom. The summed E-state index contributed by atoms with van der Waals surface area (Å²) in [5, 5.41) is 28.0. The Balaban J connectivity index is 3.65. The third-order valence-electron chi connectivity index (χ3n) is 4.91. The molecular weight excluding hydrogens is 288 g/mol. The Bertz CT molecular complexity index is 274. The average Bonchev–Trinajstić information content (AvgIpc) is 2.36. The first kappa shape index (κ1) is 22.9. The van der Waals surface area contributed by atoms with Gasteiger partial charge >= 0.3 is 0 Å². The largest absolute Gasteiger partial charge is 0.390 e. The van der Waals surface area contributed by atoms with Crippen LogP contribution in [0.2, 0.25) is 0 Å². The molecule has 0 bridgehead atoms. The lowest BCUT2D eigenvalue weighted by molar-refractivity contribution is -0.0996. The monoisotopic (exact) mass is 330 g/mol. The highest BCUT2D eigenvalue weighted by Gasteiger charge is 2.23. The SMILES string of the molecule is CC(C)CCCC(C)CCCC(C)CCCC(C)(O)CC(O)O. The van der Waals surface area contributed by atoms with E-state index in [4.69, 9.17) is 10.2 Å². The van der Waals surface area contributed by atoms with Crippen LogP contribution in [0.15, 0.2) is 0 Å². The number of hydrogen-bond donors (Lipinski definition) is 3. The summed E-state index contributed by atoms with van der Waals surface area (Å²) in [4.78, 5) is 0. The van der Waals surface area contributed by atoms with Crippen LogP contribution in [0.3, 0.4) is 0 Å². The first-order valence-electron chi connectivity index (χ1n) is 9.71. The summed E-state index contributed by atoms with van der Waals surface area (Å²) in [7, 11) is 0. The smallest absolute Gasteiger partial charge is 0.154 e. The molecule has 0 fully saturated rings. The molecule has 3 atom stereocenters. The van der Waals surface area contributed by atoms with Crippen LogP contribution in [-0.2, 0) is 0 Å².